The van der Waals surface area contributed by atoms with Crippen molar-refractivity contribution < 1.29 is 14.5 Å². The van der Waals surface area contributed by atoms with E-state index in [0.717, 1.165) is 23.7 Å². The van der Waals surface area contributed by atoms with Crippen LogP contribution in [-0.4, -0.2) is 37.2 Å². The number of hydrogen-bond donors (Lipinski definition) is 3. The van der Waals surface area contributed by atoms with E-state index in [2.05, 4.69) is 5.32 Å². The van der Waals surface area contributed by atoms with E-state index in [1.165, 1.54) is 35.9 Å². The minimum atomic E-state index is -0.362. The smallest absolute Gasteiger partial charge is 0.279 e. The van der Waals surface area contributed by atoms with Crippen LogP contribution in [0.25, 0.3) is 0 Å². The van der Waals surface area contributed by atoms with E-state index < -0.39 is 0 Å². The molecule has 0 bridgehead atoms. The van der Waals surface area contributed by atoms with Gasteiger partial charge < -0.3 is 16.0 Å². The number of anilines is 1. The first-order valence-electron chi connectivity index (χ1n) is 7.28. The fourth-order valence-electron chi connectivity index (χ4n) is 2.49. The molecule has 4 N–H and O–H groups in total. The molecule has 1 fully saturated rings. The summed E-state index contributed by atoms with van der Waals surface area (Å²) in [6.07, 6.45) is 3.68. The minimum Gasteiger partial charge on any atom is -0.369 e. The van der Waals surface area contributed by atoms with Crippen LogP contribution in [0.15, 0.2) is 29.2 Å². The molecule has 1 aliphatic heterocycles. The molecule has 1 aromatic rings. The van der Waals surface area contributed by atoms with Crippen molar-refractivity contribution in [2.45, 2.75) is 24.2 Å². The minimum absolute atomic E-state index is 0.0269. The van der Waals surface area contributed by atoms with Gasteiger partial charge in [-0.1, -0.05) is 12.1 Å². The van der Waals surface area contributed by atoms with Crippen molar-refractivity contribution >= 4 is 29.3 Å². The number of rotatable bonds is 6. The lowest BCUT2D eigenvalue weighted by molar-refractivity contribution is -0.896. The number of amides is 2. The first-order chi connectivity index (χ1) is 10.1. The second-order valence-corrected chi connectivity index (χ2v) is 6.30. The maximum atomic E-state index is 12.1. The SMILES string of the molecule is NC(=O)CSc1ccccc1NC(=O)C[NH+]1CCCCC1. The van der Waals surface area contributed by atoms with Crippen LogP contribution in [0.3, 0.4) is 0 Å². The molecule has 5 nitrogen and oxygen atoms in total. The van der Waals surface area contributed by atoms with Crippen LogP contribution in [-0.2, 0) is 9.59 Å². The molecule has 0 radical (unpaired) electrons. The van der Waals surface area contributed by atoms with E-state index in [-0.39, 0.29) is 17.6 Å². The van der Waals surface area contributed by atoms with E-state index in [9.17, 15) is 9.59 Å². The van der Waals surface area contributed by atoms with Crippen molar-refractivity contribution in [3.05, 3.63) is 24.3 Å². The normalized spacial score (nSPS) is 15.6. The fraction of sp³-hybridized carbons (Fsp3) is 0.467. The van der Waals surface area contributed by atoms with Crippen LogP contribution >= 0.6 is 11.8 Å². The van der Waals surface area contributed by atoms with Gasteiger partial charge in [0.25, 0.3) is 5.91 Å². The Morgan fingerprint density at radius 3 is 2.62 bits per heavy atom. The Balaban J connectivity index is 1.91. The summed E-state index contributed by atoms with van der Waals surface area (Å²) < 4.78 is 0. The van der Waals surface area contributed by atoms with Gasteiger partial charge in [0.2, 0.25) is 5.91 Å². The molecule has 21 heavy (non-hydrogen) atoms. The van der Waals surface area contributed by atoms with E-state index in [1.54, 1.807) is 0 Å². The number of carbonyl (C=O) groups is 2. The monoisotopic (exact) mass is 308 g/mol. The summed E-state index contributed by atoms with van der Waals surface area (Å²) in [5, 5.41) is 2.95. The molecule has 2 amide bonds. The maximum Gasteiger partial charge on any atom is 0.279 e. The predicted molar refractivity (Wildman–Crippen MR) is 84.4 cm³/mol. The van der Waals surface area contributed by atoms with E-state index in [0.29, 0.717) is 6.54 Å². The summed E-state index contributed by atoms with van der Waals surface area (Å²) in [5.74, 6) is -0.123. The number of carbonyl (C=O) groups excluding carboxylic acids is 2. The first-order valence-corrected chi connectivity index (χ1v) is 8.27. The van der Waals surface area contributed by atoms with Gasteiger partial charge in [-0.05, 0) is 31.4 Å². The number of thioether (sulfide) groups is 1. The number of piperidine rings is 1. The van der Waals surface area contributed by atoms with Crippen molar-refractivity contribution in [3.63, 3.8) is 0 Å². The van der Waals surface area contributed by atoms with Crippen LogP contribution in [0.2, 0.25) is 0 Å². The molecule has 0 atom stereocenters. The molecule has 1 saturated heterocycles. The van der Waals surface area contributed by atoms with E-state index >= 15 is 0 Å². The van der Waals surface area contributed by atoms with Crippen LogP contribution in [0.4, 0.5) is 5.69 Å². The summed E-state index contributed by atoms with van der Waals surface area (Å²) in [6.45, 7) is 2.66. The number of nitrogens with two attached hydrogens (primary N) is 1. The highest BCUT2D eigenvalue weighted by molar-refractivity contribution is 8.00. The summed E-state index contributed by atoms with van der Waals surface area (Å²) in [6, 6.07) is 7.50. The van der Waals surface area contributed by atoms with Gasteiger partial charge in [-0.3, -0.25) is 9.59 Å². The summed E-state index contributed by atoms with van der Waals surface area (Å²) in [4.78, 5) is 25.2. The Bertz CT molecular complexity index is 501. The van der Waals surface area contributed by atoms with E-state index in [1.807, 2.05) is 24.3 Å². The lowest BCUT2D eigenvalue weighted by atomic mass is 10.1. The highest BCUT2D eigenvalue weighted by Crippen LogP contribution is 2.26. The van der Waals surface area contributed by atoms with Crippen molar-refractivity contribution in [2.75, 3.05) is 30.7 Å². The lowest BCUT2D eigenvalue weighted by Gasteiger charge is -2.23. The molecule has 6 heteroatoms. The second kappa shape index (κ2) is 8.05. The van der Waals surface area contributed by atoms with Gasteiger partial charge in [0.15, 0.2) is 6.54 Å². The molecule has 0 unspecified atom stereocenters. The van der Waals surface area contributed by atoms with Gasteiger partial charge in [0.05, 0.1) is 24.5 Å². The molecule has 2 rings (SSSR count). The average Bonchev–Trinajstić information content (AvgIpc) is 2.47. The van der Waals surface area contributed by atoms with Gasteiger partial charge in [-0.25, -0.2) is 0 Å². The summed E-state index contributed by atoms with van der Waals surface area (Å²) in [7, 11) is 0. The molecular weight excluding hydrogens is 286 g/mol. The van der Waals surface area contributed by atoms with E-state index in [4.69, 9.17) is 5.73 Å². The Morgan fingerprint density at radius 2 is 1.90 bits per heavy atom. The van der Waals surface area contributed by atoms with Crippen LogP contribution < -0.4 is 16.0 Å². The zero-order chi connectivity index (χ0) is 15.1. The maximum absolute atomic E-state index is 12.1. The Kier molecular flexibility index (Phi) is 6.07. The van der Waals surface area contributed by atoms with Gasteiger partial charge >= 0.3 is 0 Å². The number of nitrogens with one attached hydrogen (secondary N) is 2. The fourth-order valence-corrected chi connectivity index (χ4v) is 3.24. The summed E-state index contributed by atoms with van der Waals surface area (Å²) >= 11 is 1.35. The van der Waals surface area contributed by atoms with Crippen LogP contribution in [0.5, 0.6) is 0 Å². The van der Waals surface area contributed by atoms with Gasteiger partial charge in [-0.15, -0.1) is 11.8 Å². The van der Waals surface area contributed by atoms with Crippen molar-refractivity contribution in [1.29, 1.82) is 0 Å². The Hall–Kier alpha value is -1.53. The number of benzene rings is 1. The molecule has 0 aliphatic carbocycles. The van der Waals surface area contributed by atoms with Crippen molar-refractivity contribution in [3.8, 4) is 0 Å². The third kappa shape index (κ3) is 5.40. The highest BCUT2D eigenvalue weighted by atomic mass is 32.2. The zero-order valence-electron chi connectivity index (χ0n) is 12.1. The molecule has 1 aromatic carbocycles. The molecule has 0 aromatic heterocycles. The number of quaternary nitrogens is 1. The van der Waals surface area contributed by atoms with Gasteiger partial charge in [-0.2, -0.15) is 0 Å². The number of likely N-dealkylation sites (tertiary alicyclic amines) is 1. The van der Waals surface area contributed by atoms with Crippen molar-refractivity contribution in [1.82, 2.24) is 0 Å². The lowest BCUT2D eigenvalue weighted by Crippen LogP contribution is -3.13. The standard InChI is InChI=1S/C15H21N3O2S/c16-14(19)11-21-13-7-3-2-6-12(13)17-15(20)10-18-8-4-1-5-9-18/h2-3,6-7H,1,4-5,8-11H2,(H2,16,19)(H,17,20)/p+1. The topological polar surface area (TPSA) is 76.6 Å². The third-order valence-corrected chi connectivity index (χ3v) is 4.60. The first kappa shape index (κ1) is 15.9. The number of hydrogen-bond acceptors (Lipinski definition) is 3. The largest absolute Gasteiger partial charge is 0.369 e. The summed E-state index contributed by atoms with van der Waals surface area (Å²) in [5.41, 5.74) is 5.92. The second-order valence-electron chi connectivity index (χ2n) is 5.29. The Morgan fingerprint density at radius 1 is 1.19 bits per heavy atom. The molecule has 1 aliphatic rings. The molecular formula is C15H22N3O2S+. The van der Waals surface area contributed by atoms with Crippen molar-refractivity contribution in [2.24, 2.45) is 5.73 Å². The third-order valence-electron chi connectivity index (χ3n) is 3.50. The van der Waals surface area contributed by atoms with Crippen LogP contribution in [0.1, 0.15) is 19.3 Å². The Labute approximate surface area is 129 Å². The zero-order valence-corrected chi connectivity index (χ0v) is 12.9. The number of para-hydroxylation sites is 1. The molecule has 0 saturated carbocycles. The molecule has 1 heterocycles. The predicted octanol–water partition coefficient (Wildman–Crippen LogP) is 0.271. The average molecular weight is 308 g/mol. The van der Waals surface area contributed by atoms with Gasteiger partial charge in [0.1, 0.15) is 0 Å². The molecule has 0 spiro atoms. The molecule has 114 valence electrons. The number of primary amides is 1. The van der Waals surface area contributed by atoms with Gasteiger partial charge in [0, 0.05) is 4.90 Å². The van der Waals surface area contributed by atoms with Crippen LogP contribution in [0, 0.1) is 0 Å². The quantitative estimate of drug-likeness (QED) is 0.660. The highest BCUT2D eigenvalue weighted by Gasteiger charge is 2.18.